The molecular formula is C16H10ClNOS. The van der Waals surface area contributed by atoms with E-state index in [0.29, 0.717) is 26.7 Å². The molecule has 1 aliphatic carbocycles. The highest BCUT2D eigenvalue weighted by Gasteiger charge is 2.28. The molecule has 0 unspecified atom stereocenters. The molecule has 1 aliphatic rings. The summed E-state index contributed by atoms with van der Waals surface area (Å²) in [7, 11) is 0. The number of benzene rings is 2. The van der Waals surface area contributed by atoms with E-state index >= 15 is 0 Å². The molecule has 0 radical (unpaired) electrons. The molecule has 0 aliphatic heterocycles. The maximum atomic E-state index is 12.6. The highest BCUT2D eigenvalue weighted by Crippen LogP contribution is 2.31. The molecular weight excluding hydrogens is 290 g/mol. The van der Waals surface area contributed by atoms with Gasteiger partial charge >= 0.3 is 0 Å². The molecule has 0 amide bonds. The van der Waals surface area contributed by atoms with Gasteiger partial charge in [0.1, 0.15) is 0 Å². The lowest BCUT2D eigenvalue weighted by Crippen LogP contribution is -2.25. The van der Waals surface area contributed by atoms with E-state index in [1.54, 1.807) is 30.3 Å². The number of Topliss-reactive ketones (excluding diaryl/α,β-unsaturated/α-hetero) is 1. The number of halogens is 1. The van der Waals surface area contributed by atoms with Crippen LogP contribution >= 0.6 is 23.8 Å². The fraction of sp³-hybridized carbons (Fsp3) is 0. The zero-order chi connectivity index (χ0) is 14.3. The summed E-state index contributed by atoms with van der Waals surface area (Å²) in [4.78, 5) is 13.1. The molecule has 2 N–H and O–H groups in total. The van der Waals surface area contributed by atoms with Crippen LogP contribution in [0.2, 0.25) is 5.02 Å². The van der Waals surface area contributed by atoms with E-state index in [9.17, 15) is 4.79 Å². The predicted octanol–water partition coefficient (Wildman–Crippen LogP) is 3.62. The summed E-state index contributed by atoms with van der Waals surface area (Å²) in [6.07, 6.45) is 0. The minimum Gasteiger partial charge on any atom is -0.397 e. The van der Waals surface area contributed by atoms with Crippen LogP contribution in [0, 0.1) is 0 Å². The van der Waals surface area contributed by atoms with Gasteiger partial charge in [-0.05, 0) is 17.7 Å². The van der Waals surface area contributed by atoms with Gasteiger partial charge in [0.25, 0.3) is 0 Å². The highest BCUT2D eigenvalue weighted by atomic mass is 35.5. The summed E-state index contributed by atoms with van der Waals surface area (Å²) in [6, 6.07) is 14.3. The number of hydrogen-bond acceptors (Lipinski definition) is 3. The van der Waals surface area contributed by atoms with Crippen molar-refractivity contribution in [3.63, 3.8) is 0 Å². The van der Waals surface area contributed by atoms with Gasteiger partial charge in [0.15, 0.2) is 5.78 Å². The molecule has 0 fully saturated rings. The Morgan fingerprint density at radius 1 is 0.950 bits per heavy atom. The lowest BCUT2D eigenvalue weighted by molar-refractivity contribution is 0.105. The van der Waals surface area contributed by atoms with Gasteiger partial charge in [-0.15, -0.1) is 0 Å². The number of carbonyl (C=O) groups is 1. The van der Waals surface area contributed by atoms with E-state index in [4.69, 9.17) is 29.6 Å². The lowest BCUT2D eigenvalue weighted by Gasteiger charge is -2.20. The lowest BCUT2D eigenvalue weighted by atomic mass is 9.85. The zero-order valence-corrected chi connectivity index (χ0v) is 12.0. The van der Waals surface area contributed by atoms with Crippen molar-refractivity contribution in [2.24, 2.45) is 5.73 Å². The van der Waals surface area contributed by atoms with Crippen LogP contribution < -0.4 is 5.73 Å². The second-order valence-electron chi connectivity index (χ2n) is 4.50. The first-order valence-corrected chi connectivity index (χ1v) is 6.82. The molecule has 0 aromatic heterocycles. The fourth-order valence-electron chi connectivity index (χ4n) is 2.30. The largest absolute Gasteiger partial charge is 0.397 e. The zero-order valence-electron chi connectivity index (χ0n) is 10.4. The summed E-state index contributed by atoms with van der Waals surface area (Å²) in [5.74, 6) is -0.103. The monoisotopic (exact) mass is 299 g/mol. The van der Waals surface area contributed by atoms with E-state index in [1.807, 2.05) is 18.2 Å². The minimum absolute atomic E-state index is 0.103. The van der Waals surface area contributed by atoms with Crippen molar-refractivity contribution in [2.75, 3.05) is 0 Å². The first-order valence-electron chi connectivity index (χ1n) is 6.03. The van der Waals surface area contributed by atoms with Crippen molar-refractivity contribution < 1.29 is 4.79 Å². The Labute approximate surface area is 126 Å². The van der Waals surface area contributed by atoms with Crippen LogP contribution in [0.1, 0.15) is 21.5 Å². The number of nitrogens with two attached hydrogens (primary N) is 1. The van der Waals surface area contributed by atoms with Crippen LogP contribution in [-0.2, 0) is 0 Å². The van der Waals surface area contributed by atoms with Gasteiger partial charge in [-0.1, -0.05) is 60.2 Å². The molecule has 98 valence electrons. The third-order valence-electron chi connectivity index (χ3n) is 3.29. The smallest absolute Gasteiger partial charge is 0.196 e. The Hall–Kier alpha value is -1.97. The number of carbonyl (C=O) groups excluding carboxylic acids is 1. The first-order chi connectivity index (χ1) is 9.59. The Bertz CT molecular complexity index is 762. The van der Waals surface area contributed by atoms with Crippen LogP contribution in [-0.4, -0.2) is 10.6 Å². The highest BCUT2D eigenvalue weighted by molar-refractivity contribution is 7.81. The topological polar surface area (TPSA) is 43.1 Å². The summed E-state index contributed by atoms with van der Waals surface area (Å²) in [6.45, 7) is 0. The molecule has 20 heavy (non-hydrogen) atoms. The van der Waals surface area contributed by atoms with Crippen molar-refractivity contribution >= 4 is 40.0 Å². The third-order valence-corrected chi connectivity index (χ3v) is 3.98. The maximum absolute atomic E-state index is 12.6. The molecule has 2 nitrogen and oxygen atoms in total. The Balaban J connectivity index is 2.21. The Kier molecular flexibility index (Phi) is 3.16. The molecule has 3 rings (SSSR count). The van der Waals surface area contributed by atoms with Crippen LogP contribution in [0.4, 0.5) is 0 Å². The SMILES string of the molecule is NC1=C(c2ccc(Cl)cc2)C(=O)c2ccccc2C1=S. The van der Waals surface area contributed by atoms with Gasteiger partial charge in [0, 0.05) is 16.1 Å². The standard InChI is InChI=1S/C16H10ClNOS/c17-10-7-5-9(6-8-10)13-14(18)16(20)12-4-2-1-3-11(12)15(13)19/h1-8H,18H2. The van der Waals surface area contributed by atoms with Crippen molar-refractivity contribution in [1.29, 1.82) is 0 Å². The van der Waals surface area contributed by atoms with Crippen molar-refractivity contribution in [1.82, 2.24) is 0 Å². The molecule has 4 heteroatoms. The molecule has 2 aromatic rings. The summed E-state index contributed by atoms with van der Waals surface area (Å²) < 4.78 is 0. The van der Waals surface area contributed by atoms with Gasteiger partial charge in [0.2, 0.25) is 0 Å². The number of rotatable bonds is 1. The molecule has 0 saturated carbocycles. The van der Waals surface area contributed by atoms with Crippen molar-refractivity contribution in [3.8, 4) is 0 Å². The van der Waals surface area contributed by atoms with E-state index < -0.39 is 0 Å². The van der Waals surface area contributed by atoms with Gasteiger partial charge < -0.3 is 5.73 Å². The second-order valence-corrected chi connectivity index (χ2v) is 5.34. The van der Waals surface area contributed by atoms with Gasteiger partial charge in [-0.25, -0.2) is 0 Å². The molecule has 0 saturated heterocycles. The molecule has 0 atom stereocenters. The van der Waals surface area contributed by atoms with Gasteiger partial charge in [-0.3, -0.25) is 4.79 Å². The van der Waals surface area contributed by atoms with Crippen molar-refractivity contribution in [3.05, 3.63) is 75.9 Å². The molecule has 0 heterocycles. The van der Waals surface area contributed by atoms with Gasteiger partial charge in [-0.2, -0.15) is 0 Å². The molecule has 0 spiro atoms. The third kappa shape index (κ3) is 1.96. The normalized spacial score (nSPS) is 14.4. The second kappa shape index (κ2) is 4.85. The summed E-state index contributed by atoms with van der Waals surface area (Å²) in [5.41, 5.74) is 8.93. The molecule has 0 bridgehead atoms. The van der Waals surface area contributed by atoms with Crippen LogP contribution in [0.3, 0.4) is 0 Å². The van der Waals surface area contributed by atoms with E-state index in [-0.39, 0.29) is 5.78 Å². The molecule has 2 aromatic carbocycles. The average molecular weight is 300 g/mol. The van der Waals surface area contributed by atoms with Gasteiger partial charge in [0.05, 0.1) is 16.1 Å². The number of ketones is 1. The van der Waals surface area contributed by atoms with Crippen molar-refractivity contribution in [2.45, 2.75) is 0 Å². The number of thiocarbonyl (C=S) groups is 1. The summed E-state index contributed by atoms with van der Waals surface area (Å²) in [5, 5.41) is 0.610. The van der Waals surface area contributed by atoms with Crippen LogP contribution in [0.25, 0.3) is 5.57 Å². The predicted molar refractivity (Wildman–Crippen MR) is 85.0 cm³/mol. The maximum Gasteiger partial charge on any atom is 0.196 e. The van der Waals surface area contributed by atoms with E-state index in [1.165, 1.54) is 0 Å². The Morgan fingerprint density at radius 3 is 2.20 bits per heavy atom. The summed E-state index contributed by atoms with van der Waals surface area (Å²) >= 11 is 11.3. The van der Waals surface area contributed by atoms with E-state index in [0.717, 1.165) is 11.1 Å². The number of allylic oxidation sites excluding steroid dienone is 2. The van der Waals surface area contributed by atoms with Crippen LogP contribution in [0.15, 0.2) is 54.2 Å². The average Bonchev–Trinajstić information content (AvgIpc) is 2.47. The minimum atomic E-state index is -0.103. The fourth-order valence-corrected chi connectivity index (χ4v) is 2.70. The van der Waals surface area contributed by atoms with E-state index in [2.05, 4.69) is 0 Å². The first kappa shape index (κ1) is 13.0. The quantitative estimate of drug-likeness (QED) is 0.818. The Morgan fingerprint density at radius 2 is 1.55 bits per heavy atom. The number of fused-ring (bicyclic) bond motifs is 1. The van der Waals surface area contributed by atoms with Crippen LogP contribution in [0.5, 0.6) is 0 Å². The number of hydrogen-bond donors (Lipinski definition) is 1.